The van der Waals surface area contributed by atoms with Crippen molar-refractivity contribution in [3.8, 4) is 0 Å². The molecule has 0 bridgehead atoms. The van der Waals surface area contributed by atoms with Crippen LogP contribution in [0.2, 0.25) is 5.02 Å². The number of halogens is 1. The van der Waals surface area contributed by atoms with Crippen LogP contribution >= 0.6 is 11.6 Å². The monoisotopic (exact) mass is 464 g/mol. The Morgan fingerprint density at radius 3 is 1.61 bits per heavy atom. The van der Waals surface area contributed by atoms with E-state index in [0.717, 1.165) is 11.1 Å². The Balaban J connectivity index is 1.86. The zero-order valence-corrected chi connectivity index (χ0v) is 19.0. The normalized spacial score (nSPS) is 11.6. The topological polar surface area (TPSA) is 69.7 Å². The van der Waals surface area contributed by atoms with Crippen LogP contribution in [0.15, 0.2) is 84.9 Å². The van der Waals surface area contributed by atoms with Crippen molar-refractivity contribution in [2.45, 2.75) is 32.5 Å². The molecular weight excluding hydrogens is 440 g/mol. The van der Waals surface area contributed by atoms with E-state index in [4.69, 9.17) is 21.1 Å². The van der Waals surface area contributed by atoms with Crippen LogP contribution in [0.3, 0.4) is 0 Å². The summed E-state index contributed by atoms with van der Waals surface area (Å²) in [6.45, 7) is 1.44. The zero-order valence-electron chi connectivity index (χ0n) is 18.3. The van der Waals surface area contributed by atoms with E-state index >= 15 is 0 Å². The van der Waals surface area contributed by atoms with E-state index < -0.39 is 23.8 Å². The summed E-state index contributed by atoms with van der Waals surface area (Å²) in [5, 5.41) is 0.509. The Bertz CT molecular complexity index is 1010. The lowest BCUT2D eigenvalue weighted by molar-refractivity contribution is -0.165. The third-order valence-corrected chi connectivity index (χ3v) is 5.42. The first kappa shape index (κ1) is 24.2. The SMILES string of the molecule is CC(=O)C[C@@H](c1ccc(Cl)cc1)C(C(=O)OCc1ccccc1)C(=O)OCc1ccccc1. The van der Waals surface area contributed by atoms with Gasteiger partial charge in [0.1, 0.15) is 19.0 Å². The van der Waals surface area contributed by atoms with Crippen molar-refractivity contribution >= 4 is 29.3 Å². The fourth-order valence-electron chi connectivity index (χ4n) is 3.51. The number of benzene rings is 3. The summed E-state index contributed by atoms with van der Waals surface area (Å²) in [4.78, 5) is 38.4. The molecule has 0 spiro atoms. The van der Waals surface area contributed by atoms with Crippen molar-refractivity contribution in [3.63, 3.8) is 0 Å². The molecule has 33 heavy (non-hydrogen) atoms. The smallest absolute Gasteiger partial charge is 0.321 e. The first-order valence-corrected chi connectivity index (χ1v) is 11.0. The van der Waals surface area contributed by atoms with Gasteiger partial charge in [-0.2, -0.15) is 0 Å². The molecule has 0 aliphatic carbocycles. The molecule has 0 N–H and O–H groups in total. The summed E-state index contributed by atoms with van der Waals surface area (Å²) in [5.41, 5.74) is 2.21. The summed E-state index contributed by atoms with van der Waals surface area (Å²) in [6.07, 6.45) is -0.0207. The van der Waals surface area contributed by atoms with Crippen molar-refractivity contribution in [1.29, 1.82) is 0 Å². The van der Waals surface area contributed by atoms with Crippen molar-refractivity contribution < 1.29 is 23.9 Å². The Morgan fingerprint density at radius 1 is 0.727 bits per heavy atom. The largest absolute Gasteiger partial charge is 0.460 e. The van der Waals surface area contributed by atoms with Gasteiger partial charge < -0.3 is 14.3 Å². The molecule has 3 aromatic rings. The highest BCUT2D eigenvalue weighted by Crippen LogP contribution is 2.32. The number of ketones is 1. The van der Waals surface area contributed by atoms with Gasteiger partial charge in [0.25, 0.3) is 0 Å². The summed E-state index contributed by atoms with van der Waals surface area (Å²) < 4.78 is 11.0. The van der Waals surface area contributed by atoms with Crippen LogP contribution in [0.1, 0.15) is 36.0 Å². The zero-order chi connectivity index (χ0) is 23.6. The number of carbonyl (C=O) groups excluding carboxylic acids is 3. The second kappa shape index (κ2) is 12.0. The molecule has 0 amide bonds. The van der Waals surface area contributed by atoms with E-state index in [1.165, 1.54) is 6.92 Å². The van der Waals surface area contributed by atoms with Crippen molar-refractivity contribution in [2.24, 2.45) is 5.92 Å². The maximum absolute atomic E-state index is 13.2. The van der Waals surface area contributed by atoms with E-state index in [1.807, 2.05) is 60.7 Å². The maximum Gasteiger partial charge on any atom is 0.321 e. The van der Waals surface area contributed by atoms with Crippen LogP contribution in [0.5, 0.6) is 0 Å². The molecule has 1 atom stereocenters. The predicted molar refractivity (Wildman–Crippen MR) is 125 cm³/mol. The fraction of sp³-hybridized carbons (Fsp3) is 0.222. The first-order valence-electron chi connectivity index (χ1n) is 10.6. The van der Waals surface area contributed by atoms with Gasteiger partial charge in [0, 0.05) is 17.4 Å². The lowest BCUT2D eigenvalue weighted by Gasteiger charge is -2.24. The first-order chi connectivity index (χ1) is 15.9. The van der Waals surface area contributed by atoms with Gasteiger partial charge in [-0.3, -0.25) is 9.59 Å². The van der Waals surface area contributed by atoms with Crippen molar-refractivity contribution in [3.05, 3.63) is 107 Å². The van der Waals surface area contributed by atoms with E-state index in [0.29, 0.717) is 10.6 Å². The summed E-state index contributed by atoms with van der Waals surface area (Å²) in [7, 11) is 0. The maximum atomic E-state index is 13.2. The Labute approximate surface area is 198 Å². The van der Waals surface area contributed by atoms with Gasteiger partial charge in [-0.05, 0) is 35.7 Å². The average Bonchev–Trinajstić information content (AvgIpc) is 2.82. The van der Waals surface area contributed by atoms with Crippen LogP contribution in [0.25, 0.3) is 0 Å². The van der Waals surface area contributed by atoms with Gasteiger partial charge in [0.05, 0.1) is 0 Å². The Kier molecular flexibility index (Phi) is 8.79. The van der Waals surface area contributed by atoms with Gasteiger partial charge in [-0.15, -0.1) is 0 Å². The summed E-state index contributed by atoms with van der Waals surface area (Å²) in [6, 6.07) is 25.1. The molecule has 0 aliphatic heterocycles. The van der Waals surface area contributed by atoms with E-state index in [9.17, 15) is 14.4 Å². The van der Waals surface area contributed by atoms with Crippen molar-refractivity contribution in [1.82, 2.24) is 0 Å². The summed E-state index contributed by atoms with van der Waals surface area (Å²) in [5.74, 6) is -3.68. The molecule has 170 valence electrons. The number of ether oxygens (including phenoxy) is 2. The Hall–Kier alpha value is -3.44. The second-order valence-corrected chi connectivity index (χ2v) is 8.16. The van der Waals surface area contributed by atoms with E-state index in [2.05, 4.69) is 0 Å². The molecule has 3 rings (SSSR count). The molecule has 0 aliphatic rings. The molecule has 0 saturated heterocycles. The van der Waals surface area contributed by atoms with E-state index in [-0.39, 0.29) is 25.4 Å². The van der Waals surface area contributed by atoms with Crippen LogP contribution < -0.4 is 0 Å². The molecule has 6 heteroatoms. The number of carbonyl (C=O) groups is 3. The quantitative estimate of drug-likeness (QED) is 0.292. The third-order valence-electron chi connectivity index (χ3n) is 5.16. The summed E-state index contributed by atoms with van der Waals surface area (Å²) >= 11 is 6.01. The third kappa shape index (κ3) is 7.29. The van der Waals surface area contributed by atoms with Gasteiger partial charge >= 0.3 is 11.9 Å². The fourth-order valence-corrected chi connectivity index (χ4v) is 3.64. The van der Waals surface area contributed by atoms with Gasteiger partial charge in [0.2, 0.25) is 0 Å². The van der Waals surface area contributed by atoms with Gasteiger partial charge in [-0.1, -0.05) is 84.4 Å². The molecule has 0 heterocycles. The van der Waals surface area contributed by atoms with E-state index in [1.54, 1.807) is 24.3 Å². The molecular formula is C27H25ClO5. The number of rotatable bonds is 10. The lowest BCUT2D eigenvalue weighted by Crippen LogP contribution is -2.34. The van der Waals surface area contributed by atoms with Gasteiger partial charge in [0.15, 0.2) is 5.92 Å². The number of Topliss-reactive ketones (excluding diaryl/α,β-unsaturated/α-hetero) is 1. The highest BCUT2D eigenvalue weighted by atomic mass is 35.5. The van der Waals surface area contributed by atoms with Crippen LogP contribution in [-0.2, 0) is 37.1 Å². The van der Waals surface area contributed by atoms with Crippen molar-refractivity contribution in [2.75, 3.05) is 0 Å². The minimum absolute atomic E-state index is 0.00947. The molecule has 3 aromatic carbocycles. The van der Waals surface area contributed by atoms with Crippen LogP contribution in [-0.4, -0.2) is 17.7 Å². The molecule has 5 nitrogen and oxygen atoms in total. The number of hydrogen-bond acceptors (Lipinski definition) is 5. The second-order valence-electron chi connectivity index (χ2n) is 7.73. The molecule has 0 unspecified atom stereocenters. The number of esters is 2. The Morgan fingerprint density at radius 2 is 1.18 bits per heavy atom. The molecule has 0 fully saturated rings. The van der Waals surface area contributed by atoms with Crippen LogP contribution in [0, 0.1) is 5.92 Å². The highest BCUT2D eigenvalue weighted by Gasteiger charge is 2.39. The van der Waals surface area contributed by atoms with Gasteiger partial charge in [-0.25, -0.2) is 0 Å². The van der Waals surface area contributed by atoms with Crippen LogP contribution in [0.4, 0.5) is 0 Å². The average molecular weight is 465 g/mol. The minimum Gasteiger partial charge on any atom is -0.460 e. The number of hydrogen-bond donors (Lipinski definition) is 0. The minimum atomic E-state index is -1.30. The lowest BCUT2D eigenvalue weighted by atomic mass is 9.82. The highest BCUT2D eigenvalue weighted by molar-refractivity contribution is 6.30. The molecule has 0 aromatic heterocycles. The molecule has 0 saturated carbocycles. The molecule has 0 radical (unpaired) electrons. The predicted octanol–water partition coefficient (Wildman–Crippen LogP) is 5.51. The standard InChI is InChI=1S/C27H25ClO5/c1-19(29)16-24(22-12-14-23(28)15-13-22)25(26(30)32-17-20-8-4-2-5-9-20)27(31)33-18-21-10-6-3-7-11-21/h2-15,24-25H,16-18H2,1H3/t24-/m0/s1.